The van der Waals surface area contributed by atoms with Crippen molar-refractivity contribution in [3.63, 3.8) is 0 Å². The van der Waals surface area contributed by atoms with Gasteiger partial charge in [-0.05, 0) is 43.7 Å². The molecule has 0 saturated heterocycles. The molecule has 5 nitrogen and oxygen atoms in total. The van der Waals surface area contributed by atoms with Crippen LogP contribution in [-0.4, -0.2) is 9.97 Å². The lowest BCUT2D eigenvalue weighted by molar-refractivity contribution is 1.06. The van der Waals surface area contributed by atoms with Crippen LogP contribution >= 0.6 is 11.6 Å². The minimum absolute atomic E-state index is 0.555. The van der Waals surface area contributed by atoms with E-state index in [0.717, 1.165) is 11.3 Å². The molecule has 2 aromatic carbocycles. The monoisotopic (exact) mass is 349 g/mol. The molecule has 0 amide bonds. The molecule has 0 bridgehead atoms. The van der Waals surface area contributed by atoms with Crippen molar-refractivity contribution in [2.24, 2.45) is 0 Å². The fourth-order valence-electron chi connectivity index (χ4n) is 2.40. The number of aryl methyl sites for hydroxylation is 1. The van der Waals surface area contributed by atoms with Gasteiger partial charge in [0.1, 0.15) is 23.5 Å². The Morgan fingerprint density at radius 2 is 1.56 bits per heavy atom. The molecule has 2 N–H and O–H groups in total. The summed E-state index contributed by atoms with van der Waals surface area (Å²) in [7, 11) is 0. The molecule has 0 saturated carbocycles. The minimum Gasteiger partial charge on any atom is -0.340 e. The largest absolute Gasteiger partial charge is 0.340 e. The number of aromatic nitrogens is 2. The second-order valence-corrected chi connectivity index (χ2v) is 5.91. The van der Waals surface area contributed by atoms with Crippen LogP contribution in [0.3, 0.4) is 0 Å². The van der Waals surface area contributed by atoms with Gasteiger partial charge < -0.3 is 10.6 Å². The van der Waals surface area contributed by atoms with E-state index in [-0.39, 0.29) is 0 Å². The average molecular weight is 350 g/mol. The van der Waals surface area contributed by atoms with Crippen molar-refractivity contribution in [2.75, 3.05) is 10.6 Å². The second-order valence-electron chi connectivity index (χ2n) is 5.51. The zero-order valence-electron chi connectivity index (χ0n) is 13.8. The molecule has 0 atom stereocenters. The zero-order chi connectivity index (χ0) is 17.8. The Balaban J connectivity index is 1.91. The van der Waals surface area contributed by atoms with Gasteiger partial charge in [0.15, 0.2) is 0 Å². The Hall–Kier alpha value is -3.10. The molecule has 0 radical (unpaired) electrons. The zero-order valence-corrected chi connectivity index (χ0v) is 14.6. The summed E-state index contributed by atoms with van der Waals surface area (Å²) in [5.41, 5.74) is 3.09. The predicted octanol–water partition coefficient (Wildman–Crippen LogP) is 5.11. The quantitative estimate of drug-likeness (QED) is 0.685. The van der Waals surface area contributed by atoms with Crippen molar-refractivity contribution in [3.8, 4) is 6.07 Å². The SMILES string of the molecule is Cc1nc(Nc2ccccc2C#N)cc(Nc2cccc(Cl)c2C)n1. The molecule has 1 heterocycles. The van der Waals surface area contributed by atoms with Crippen molar-refractivity contribution in [3.05, 3.63) is 70.5 Å². The maximum atomic E-state index is 9.21. The molecule has 0 aliphatic rings. The smallest absolute Gasteiger partial charge is 0.136 e. The van der Waals surface area contributed by atoms with Crippen LogP contribution in [0.15, 0.2) is 48.5 Å². The highest BCUT2D eigenvalue weighted by Crippen LogP contribution is 2.27. The summed E-state index contributed by atoms with van der Waals surface area (Å²) in [6.45, 7) is 3.76. The van der Waals surface area contributed by atoms with Crippen LogP contribution in [0.2, 0.25) is 5.02 Å². The number of nitriles is 1. The Labute approximate surface area is 151 Å². The lowest BCUT2D eigenvalue weighted by Gasteiger charge is -2.13. The molecule has 0 aliphatic heterocycles. The van der Waals surface area contributed by atoms with Crippen LogP contribution in [0.4, 0.5) is 23.0 Å². The average Bonchev–Trinajstić information content (AvgIpc) is 2.59. The third-order valence-electron chi connectivity index (χ3n) is 3.68. The number of hydrogen-bond acceptors (Lipinski definition) is 5. The molecule has 0 aliphatic carbocycles. The number of hydrogen-bond donors (Lipinski definition) is 2. The first kappa shape index (κ1) is 16.7. The first-order valence-electron chi connectivity index (χ1n) is 7.71. The molecule has 0 unspecified atom stereocenters. The van der Waals surface area contributed by atoms with E-state index in [0.29, 0.717) is 33.7 Å². The van der Waals surface area contributed by atoms with E-state index in [1.165, 1.54) is 0 Å². The van der Waals surface area contributed by atoms with Crippen molar-refractivity contribution in [1.82, 2.24) is 9.97 Å². The first-order chi connectivity index (χ1) is 12.1. The number of benzene rings is 2. The van der Waals surface area contributed by atoms with E-state index < -0.39 is 0 Å². The van der Waals surface area contributed by atoms with Crippen LogP contribution < -0.4 is 10.6 Å². The lowest BCUT2D eigenvalue weighted by atomic mass is 10.2. The summed E-state index contributed by atoms with van der Waals surface area (Å²) in [6.07, 6.45) is 0. The van der Waals surface area contributed by atoms with E-state index in [1.807, 2.05) is 50.2 Å². The maximum absolute atomic E-state index is 9.21. The molecule has 3 aromatic rings. The number of nitrogens with one attached hydrogen (secondary N) is 2. The molecule has 0 fully saturated rings. The highest BCUT2D eigenvalue weighted by atomic mass is 35.5. The standard InChI is InChI=1S/C19H16ClN5/c1-12-15(20)7-5-9-16(12)24-18-10-19(23-13(2)22-18)25-17-8-4-3-6-14(17)11-21/h3-10H,1-2H3,(H2,22,23,24,25). The highest BCUT2D eigenvalue weighted by molar-refractivity contribution is 6.31. The normalized spacial score (nSPS) is 10.2. The van der Waals surface area contributed by atoms with Crippen LogP contribution in [0, 0.1) is 25.2 Å². The van der Waals surface area contributed by atoms with Crippen molar-refractivity contribution < 1.29 is 0 Å². The highest BCUT2D eigenvalue weighted by Gasteiger charge is 2.08. The predicted molar refractivity (Wildman–Crippen MR) is 101 cm³/mol. The summed E-state index contributed by atoms with van der Waals surface area (Å²) in [6, 6.07) is 16.9. The molecule has 0 spiro atoms. The molecule has 124 valence electrons. The fourth-order valence-corrected chi connectivity index (χ4v) is 2.58. The summed E-state index contributed by atoms with van der Waals surface area (Å²) in [4.78, 5) is 8.80. The number of para-hydroxylation sites is 1. The van der Waals surface area contributed by atoms with Gasteiger partial charge in [0.05, 0.1) is 11.3 Å². The van der Waals surface area contributed by atoms with Crippen LogP contribution in [-0.2, 0) is 0 Å². The third-order valence-corrected chi connectivity index (χ3v) is 4.09. The van der Waals surface area contributed by atoms with E-state index in [9.17, 15) is 5.26 Å². The van der Waals surface area contributed by atoms with Gasteiger partial charge in [-0.15, -0.1) is 0 Å². The van der Waals surface area contributed by atoms with Crippen LogP contribution in [0.25, 0.3) is 0 Å². The molecule has 3 rings (SSSR count). The van der Waals surface area contributed by atoms with Gasteiger partial charge in [0.2, 0.25) is 0 Å². The molecule has 6 heteroatoms. The third kappa shape index (κ3) is 3.87. The van der Waals surface area contributed by atoms with Gasteiger partial charge in [-0.3, -0.25) is 0 Å². The fraction of sp³-hybridized carbons (Fsp3) is 0.105. The van der Waals surface area contributed by atoms with Gasteiger partial charge in [-0.25, -0.2) is 9.97 Å². The Bertz CT molecular complexity index is 962. The lowest BCUT2D eigenvalue weighted by Crippen LogP contribution is -2.03. The maximum Gasteiger partial charge on any atom is 0.136 e. The van der Waals surface area contributed by atoms with E-state index in [2.05, 4.69) is 26.7 Å². The molecular weight excluding hydrogens is 334 g/mol. The second kappa shape index (κ2) is 7.20. The Morgan fingerprint density at radius 3 is 2.28 bits per heavy atom. The van der Waals surface area contributed by atoms with Gasteiger partial charge in [0, 0.05) is 16.8 Å². The molecule has 25 heavy (non-hydrogen) atoms. The Kier molecular flexibility index (Phi) is 4.82. The first-order valence-corrected chi connectivity index (χ1v) is 8.08. The Morgan fingerprint density at radius 1 is 0.920 bits per heavy atom. The van der Waals surface area contributed by atoms with Crippen molar-refractivity contribution in [2.45, 2.75) is 13.8 Å². The number of nitrogens with zero attached hydrogens (tertiary/aromatic N) is 3. The minimum atomic E-state index is 0.555. The number of halogens is 1. The summed E-state index contributed by atoms with van der Waals surface area (Å²) in [5, 5.41) is 16.3. The van der Waals surface area contributed by atoms with E-state index in [1.54, 1.807) is 12.1 Å². The summed E-state index contributed by atoms with van der Waals surface area (Å²) < 4.78 is 0. The van der Waals surface area contributed by atoms with Gasteiger partial charge in [-0.1, -0.05) is 29.8 Å². The van der Waals surface area contributed by atoms with Gasteiger partial charge in [-0.2, -0.15) is 5.26 Å². The number of anilines is 4. The summed E-state index contributed by atoms with van der Waals surface area (Å²) in [5.74, 6) is 1.87. The van der Waals surface area contributed by atoms with E-state index in [4.69, 9.17) is 11.6 Å². The van der Waals surface area contributed by atoms with E-state index >= 15 is 0 Å². The van der Waals surface area contributed by atoms with Crippen molar-refractivity contribution in [1.29, 1.82) is 5.26 Å². The summed E-state index contributed by atoms with van der Waals surface area (Å²) >= 11 is 6.17. The van der Waals surface area contributed by atoms with Crippen molar-refractivity contribution >= 4 is 34.6 Å². The number of rotatable bonds is 4. The van der Waals surface area contributed by atoms with Crippen LogP contribution in [0.1, 0.15) is 17.0 Å². The topological polar surface area (TPSA) is 73.6 Å². The van der Waals surface area contributed by atoms with Gasteiger partial charge in [0.25, 0.3) is 0 Å². The molecular formula is C19H16ClN5. The molecule has 1 aromatic heterocycles. The van der Waals surface area contributed by atoms with Crippen LogP contribution in [0.5, 0.6) is 0 Å². The van der Waals surface area contributed by atoms with Gasteiger partial charge >= 0.3 is 0 Å².